The van der Waals surface area contributed by atoms with E-state index in [9.17, 15) is 59.2 Å². The van der Waals surface area contributed by atoms with E-state index in [1.165, 1.54) is 53.6 Å². The van der Waals surface area contributed by atoms with Crippen molar-refractivity contribution in [1.29, 1.82) is 0 Å². The lowest BCUT2D eigenvalue weighted by molar-refractivity contribution is -0.385. The molecule has 13 nitrogen and oxygen atoms in total. The molecule has 8 rings (SSSR count). The van der Waals surface area contributed by atoms with Crippen molar-refractivity contribution in [2.24, 2.45) is 0 Å². The van der Waals surface area contributed by atoms with Crippen LogP contribution < -0.4 is 11.5 Å². The lowest BCUT2D eigenvalue weighted by Gasteiger charge is -2.14. The van der Waals surface area contributed by atoms with E-state index in [0.29, 0.717) is 45.7 Å². The molecule has 380 valence electrons. The Morgan fingerprint density at radius 1 is 0.521 bits per heavy atom. The Kier molecular flexibility index (Phi) is 15.8. The maximum atomic E-state index is 13.4. The van der Waals surface area contributed by atoms with Crippen molar-refractivity contribution >= 4 is 28.6 Å². The summed E-state index contributed by atoms with van der Waals surface area (Å²) in [6.07, 6.45) is -4.81. The van der Waals surface area contributed by atoms with Crippen LogP contribution in [0.1, 0.15) is 77.1 Å². The number of hydrogen-bond donors (Lipinski definition) is 2. The van der Waals surface area contributed by atoms with Crippen LogP contribution in [0.2, 0.25) is 0 Å². The van der Waals surface area contributed by atoms with Crippen LogP contribution in [0.25, 0.3) is 17.1 Å². The second kappa shape index (κ2) is 21.4. The van der Waals surface area contributed by atoms with Crippen molar-refractivity contribution in [3.05, 3.63) is 206 Å². The number of anilines is 2. The van der Waals surface area contributed by atoms with Crippen LogP contribution in [0.3, 0.4) is 0 Å². The number of aromatic nitrogens is 6. The first kappa shape index (κ1) is 53.8. The van der Waals surface area contributed by atoms with Gasteiger partial charge in [0.2, 0.25) is 0 Å². The topological polar surface area (TPSA) is 183 Å². The van der Waals surface area contributed by atoms with E-state index >= 15 is 0 Å². The van der Waals surface area contributed by atoms with Gasteiger partial charge in [0.1, 0.15) is 17.5 Å². The molecule has 0 amide bonds. The van der Waals surface area contributed by atoms with Crippen molar-refractivity contribution in [2.75, 3.05) is 11.5 Å². The minimum absolute atomic E-state index is 0.0695. The number of hydrogen-bond acceptors (Lipinski definition) is 9. The highest BCUT2D eigenvalue weighted by atomic mass is 19.4. The Bertz CT molecular complexity index is 3330. The molecule has 0 radical (unpaired) electrons. The van der Waals surface area contributed by atoms with E-state index in [4.69, 9.17) is 11.5 Å². The van der Waals surface area contributed by atoms with Crippen molar-refractivity contribution in [2.45, 2.75) is 66.0 Å². The summed E-state index contributed by atoms with van der Waals surface area (Å²) >= 11 is 0. The third-order valence-corrected chi connectivity index (χ3v) is 11.2. The van der Waals surface area contributed by atoms with Gasteiger partial charge in [-0.3, -0.25) is 19.7 Å². The average Bonchev–Trinajstić information content (AvgIpc) is 4.07. The molecule has 8 aromatic rings. The fourth-order valence-electron chi connectivity index (χ4n) is 7.42. The second-order valence-corrected chi connectivity index (χ2v) is 16.6. The first-order valence-corrected chi connectivity index (χ1v) is 21.7. The van der Waals surface area contributed by atoms with Crippen molar-refractivity contribution < 1.29 is 54.0 Å². The summed E-state index contributed by atoms with van der Waals surface area (Å²) in [4.78, 5) is 47.6. The molecule has 3 aromatic heterocycles. The van der Waals surface area contributed by atoms with Gasteiger partial charge in [0.15, 0.2) is 11.6 Å². The highest BCUT2D eigenvalue weighted by Gasteiger charge is 2.34. The minimum atomic E-state index is -4.59. The number of nitro benzene ring substituents is 1. The summed E-state index contributed by atoms with van der Waals surface area (Å²) in [5, 5.41) is 11.1. The van der Waals surface area contributed by atoms with Gasteiger partial charge in [0, 0.05) is 101 Å². The molecule has 0 saturated carbocycles. The van der Waals surface area contributed by atoms with E-state index in [0.717, 1.165) is 48.0 Å². The molecular formula is C51H44F9N9O4. The van der Waals surface area contributed by atoms with E-state index < -0.39 is 45.9 Å². The Balaban J connectivity index is 0.000000185. The molecule has 0 fully saturated rings. The SMILES string of the molecule is Cc1ccc(C(=O)Cc2cc(-n3ccnc3C)cc(C(F)(F)F)c2)cc1N.Cc1ccc(C(=O)Cc2cc(-n3ccnc3C)cc(C(F)(F)F)c2)cc1[N+](=O)[O-].Cc1nccn1-c1cc(N)cc(C(F)(F)F)c1. The molecule has 0 unspecified atom stereocenters. The summed E-state index contributed by atoms with van der Waals surface area (Å²) < 4.78 is 122. The van der Waals surface area contributed by atoms with Crippen molar-refractivity contribution in [3.8, 4) is 17.1 Å². The molecule has 0 aliphatic heterocycles. The van der Waals surface area contributed by atoms with Crippen LogP contribution in [-0.4, -0.2) is 45.1 Å². The number of nitro groups is 1. The fraction of sp³-hybridized carbons (Fsp3) is 0.196. The molecule has 0 saturated heterocycles. The predicted molar refractivity (Wildman–Crippen MR) is 254 cm³/mol. The van der Waals surface area contributed by atoms with Crippen LogP contribution in [0, 0.1) is 44.7 Å². The summed E-state index contributed by atoms with van der Waals surface area (Å²) in [5.41, 5.74) is 12.2. The lowest BCUT2D eigenvalue weighted by Crippen LogP contribution is -2.10. The lowest BCUT2D eigenvalue weighted by atomic mass is 9.99. The fourth-order valence-corrected chi connectivity index (χ4v) is 7.42. The number of alkyl halides is 9. The summed E-state index contributed by atoms with van der Waals surface area (Å²) in [6.45, 7) is 8.40. The summed E-state index contributed by atoms with van der Waals surface area (Å²) in [6, 6.07) is 19.3. The van der Waals surface area contributed by atoms with Crippen LogP contribution in [-0.2, 0) is 31.4 Å². The van der Waals surface area contributed by atoms with Gasteiger partial charge in [-0.25, -0.2) is 15.0 Å². The number of benzene rings is 5. The molecule has 4 N–H and O–H groups in total. The number of Topliss-reactive ketones (excluding diaryl/α,β-unsaturated/α-hetero) is 2. The standard InChI is InChI=1S/C20H16F3N3O3.C20H18F3N3O.C11H10F3N3/c1-12-3-4-15(10-18(12)26(28)29)19(27)9-14-7-16(20(21,22)23)11-17(8-14)25-6-5-24-13(25)2;1-12-3-4-15(10-18(12)24)19(27)9-14-7-16(20(21,22)23)11-17(8-14)26-6-5-25-13(26)2;1-7-16-2-3-17(7)10-5-8(11(12,13)14)4-9(15)6-10/h3-8,10-11H,9H2,1-2H3;3-8,10-11H,9,24H2,1-2H3;2-6H,15H2,1H3. The maximum Gasteiger partial charge on any atom is 0.416 e. The van der Waals surface area contributed by atoms with Gasteiger partial charge in [-0.1, -0.05) is 24.3 Å². The molecule has 22 heteroatoms. The van der Waals surface area contributed by atoms with Gasteiger partial charge in [-0.2, -0.15) is 39.5 Å². The quantitative estimate of drug-likeness (QED) is 0.0443. The normalized spacial score (nSPS) is 11.6. The Morgan fingerprint density at radius 3 is 1.25 bits per heavy atom. The third-order valence-electron chi connectivity index (χ3n) is 11.2. The molecule has 0 bridgehead atoms. The van der Waals surface area contributed by atoms with Gasteiger partial charge < -0.3 is 25.2 Å². The highest BCUT2D eigenvalue weighted by Crippen LogP contribution is 2.35. The number of imidazole rings is 3. The number of halogens is 9. The van der Waals surface area contributed by atoms with E-state index in [-0.39, 0.29) is 52.4 Å². The molecule has 0 aliphatic carbocycles. The van der Waals surface area contributed by atoms with Gasteiger partial charge in [-0.05, 0) is 112 Å². The van der Waals surface area contributed by atoms with E-state index in [2.05, 4.69) is 15.0 Å². The van der Waals surface area contributed by atoms with Crippen LogP contribution in [0.15, 0.2) is 128 Å². The summed E-state index contributed by atoms with van der Waals surface area (Å²) in [7, 11) is 0. The van der Waals surface area contributed by atoms with Gasteiger partial charge in [-0.15, -0.1) is 0 Å². The largest absolute Gasteiger partial charge is 0.416 e. The van der Waals surface area contributed by atoms with Crippen molar-refractivity contribution in [3.63, 3.8) is 0 Å². The zero-order chi connectivity index (χ0) is 53.7. The van der Waals surface area contributed by atoms with E-state index in [1.54, 1.807) is 73.5 Å². The molecular weight excluding hydrogens is 974 g/mol. The average molecular weight is 1020 g/mol. The van der Waals surface area contributed by atoms with E-state index in [1.807, 2.05) is 6.92 Å². The summed E-state index contributed by atoms with van der Waals surface area (Å²) in [5.74, 6) is 0.840. The first-order valence-electron chi connectivity index (χ1n) is 21.7. The monoisotopic (exact) mass is 1020 g/mol. The zero-order valence-electron chi connectivity index (χ0n) is 39.4. The minimum Gasteiger partial charge on any atom is -0.399 e. The zero-order valence-corrected chi connectivity index (χ0v) is 39.4. The molecule has 0 atom stereocenters. The number of nitrogens with zero attached hydrogens (tertiary/aromatic N) is 7. The van der Waals surface area contributed by atoms with Crippen LogP contribution in [0.4, 0.5) is 56.6 Å². The molecule has 5 aromatic carbocycles. The first-order chi connectivity index (χ1) is 34.1. The number of aryl methyl sites for hydroxylation is 5. The maximum absolute atomic E-state index is 13.4. The number of ketones is 2. The number of nitrogen functional groups attached to an aromatic ring is 2. The van der Waals surface area contributed by atoms with Gasteiger partial charge >= 0.3 is 18.5 Å². The molecule has 0 spiro atoms. The molecule has 3 heterocycles. The van der Waals surface area contributed by atoms with Gasteiger partial charge in [0.25, 0.3) is 5.69 Å². The number of rotatable bonds is 10. The smallest absolute Gasteiger partial charge is 0.399 e. The molecule has 0 aliphatic rings. The Hall–Kier alpha value is -8.56. The predicted octanol–water partition coefficient (Wildman–Crippen LogP) is 12.1. The number of nitrogens with two attached hydrogens (primary N) is 2. The molecule has 73 heavy (non-hydrogen) atoms. The van der Waals surface area contributed by atoms with Crippen LogP contribution in [0.5, 0.6) is 0 Å². The second-order valence-electron chi connectivity index (χ2n) is 16.6. The Morgan fingerprint density at radius 2 is 0.890 bits per heavy atom. The van der Waals surface area contributed by atoms with Crippen LogP contribution >= 0.6 is 0 Å². The number of carbonyl (C=O) groups excluding carboxylic acids is 2. The third kappa shape index (κ3) is 13.4. The van der Waals surface area contributed by atoms with Crippen molar-refractivity contribution in [1.82, 2.24) is 28.7 Å². The Labute approximate surface area is 410 Å². The number of carbonyl (C=O) groups is 2. The highest BCUT2D eigenvalue weighted by molar-refractivity contribution is 5.99. The van der Waals surface area contributed by atoms with Gasteiger partial charge in [0.05, 0.1) is 21.6 Å².